The lowest BCUT2D eigenvalue weighted by molar-refractivity contribution is -0.383. The van der Waals surface area contributed by atoms with Gasteiger partial charge in [0, 0.05) is 47.9 Å². The highest BCUT2D eigenvalue weighted by Gasteiger charge is 2.25. The Kier molecular flexibility index (Phi) is 5.06. The Morgan fingerprint density at radius 2 is 2.04 bits per heavy atom. The number of pyridine rings is 1. The molecule has 0 saturated carbocycles. The van der Waals surface area contributed by atoms with E-state index in [4.69, 9.17) is 0 Å². The Hall–Kier alpha value is -2.70. The highest BCUT2D eigenvalue weighted by atomic mass is 16.6. The van der Waals surface area contributed by atoms with Crippen LogP contribution in [0.15, 0.2) is 24.3 Å². The van der Waals surface area contributed by atoms with Crippen molar-refractivity contribution < 1.29 is 9.72 Å². The third-order valence-corrected chi connectivity index (χ3v) is 4.80. The number of hydrogen-bond acceptors (Lipinski definition) is 5. The van der Waals surface area contributed by atoms with Gasteiger partial charge in [0.15, 0.2) is 5.52 Å². The number of piperidine rings is 1. The SMILES string of the molecule is Cc1cc(NC2CCN(C(=O)C(C)C)CC2)c2cccc([N+](=O)[O-])c2n1. The van der Waals surface area contributed by atoms with E-state index in [-0.39, 0.29) is 23.6 Å². The number of likely N-dealkylation sites (tertiary alicyclic amines) is 1. The van der Waals surface area contributed by atoms with Crippen LogP contribution in [0.25, 0.3) is 10.9 Å². The van der Waals surface area contributed by atoms with E-state index in [1.165, 1.54) is 6.07 Å². The number of fused-ring (bicyclic) bond motifs is 1. The molecular weight excluding hydrogens is 332 g/mol. The van der Waals surface area contributed by atoms with Crippen LogP contribution in [-0.2, 0) is 4.79 Å². The second kappa shape index (κ2) is 7.27. The Morgan fingerprint density at radius 1 is 1.35 bits per heavy atom. The molecule has 7 heteroatoms. The van der Waals surface area contributed by atoms with Gasteiger partial charge in [-0.2, -0.15) is 0 Å². The van der Waals surface area contributed by atoms with Crippen molar-refractivity contribution in [3.8, 4) is 0 Å². The van der Waals surface area contributed by atoms with Crippen LogP contribution in [0.2, 0.25) is 0 Å². The van der Waals surface area contributed by atoms with E-state index < -0.39 is 4.92 Å². The molecule has 26 heavy (non-hydrogen) atoms. The third-order valence-electron chi connectivity index (χ3n) is 4.80. The molecule has 2 aromatic rings. The molecule has 3 rings (SSSR count). The summed E-state index contributed by atoms with van der Waals surface area (Å²) in [5, 5.41) is 15.6. The molecule has 0 bridgehead atoms. The average molecular weight is 356 g/mol. The first kappa shape index (κ1) is 18.1. The third kappa shape index (κ3) is 3.61. The summed E-state index contributed by atoms with van der Waals surface area (Å²) in [6.45, 7) is 7.15. The maximum absolute atomic E-state index is 12.1. The van der Waals surface area contributed by atoms with Gasteiger partial charge in [0.25, 0.3) is 5.69 Å². The quantitative estimate of drug-likeness (QED) is 0.669. The fraction of sp³-hybridized carbons (Fsp3) is 0.474. The van der Waals surface area contributed by atoms with E-state index in [2.05, 4.69) is 10.3 Å². The summed E-state index contributed by atoms with van der Waals surface area (Å²) in [4.78, 5) is 29.3. The minimum atomic E-state index is -0.394. The topological polar surface area (TPSA) is 88.4 Å². The Labute approximate surface area is 152 Å². The molecule has 1 saturated heterocycles. The first-order valence-electron chi connectivity index (χ1n) is 8.97. The lowest BCUT2D eigenvalue weighted by atomic mass is 10.0. The zero-order valence-electron chi connectivity index (χ0n) is 15.4. The van der Waals surface area contributed by atoms with Crippen molar-refractivity contribution in [3.05, 3.63) is 40.1 Å². The summed E-state index contributed by atoms with van der Waals surface area (Å²) in [5.41, 5.74) is 2.03. The van der Waals surface area contributed by atoms with Gasteiger partial charge in [-0.3, -0.25) is 14.9 Å². The molecule has 0 unspecified atom stereocenters. The van der Waals surface area contributed by atoms with Gasteiger partial charge < -0.3 is 10.2 Å². The molecule has 1 aliphatic heterocycles. The average Bonchev–Trinajstić information content (AvgIpc) is 2.61. The van der Waals surface area contributed by atoms with Crippen molar-refractivity contribution in [1.82, 2.24) is 9.88 Å². The minimum absolute atomic E-state index is 0.0200. The van der Waals surface area contributed by atoms with Crippen LogP contribution >= 0.6 is 0 Å². The molecule has 0 atom stereocenters. The molecule has 1 N–H and O–H groups in total. The smallest absolute Gasteiger partial charge is 0.295 e. The number of aryl methyl sites for hydroxylation is 1. The number of nitro groups is 1. The van der Waals surface area contributed by atoms with Gasteiger partial charge in [-0.1, -0.05) is 26.0 Å². The molecular formula is C19H24N4O3. The number of benzene rings is 1. The molecule has 138 valence electrons. The Balaban J connectivity index is 1.81. The van der Waals surface area contributed by atoms with Crippen LogP contribution in [0.4, 0.5) is 11.4 Å². The molecule has 0 radical (unpaired) electrons. The number of hydrogen-bond donors (Lipinski definition) is 1. The lowest BCUT2D eigenvalue weighted by Gasteiger charge is -2.34. The maximum atomic E-state index is 12.1. The molecule has 0 aliphatic carbocycles. The van der Waals surface area contributed by atoms with Crippen LogP contribution in [0, 0.1) is 23.0 Å². The fourth-order valence-corrected chi connectivity index (χ4v) is 3.46. The molecule has 1 aromatic carbocycles. The number of nitrogens with zero attached hydrogens (tertiary/aromatic N) is 3. The number of amides is 1. The molecule has 1 amide bonds. The summed E-state index contributed by atoms with van der Waals surface area (Å²) >= 11 is 0. The van der Waals surface area contributed by atoms with Gasteiger partial charge in [-0.05, 0) is 25.8 Å². The molecule has 1 aromatic heterocycles. The van der Waals surface area contributed by atoms with Crippen LogP contribution in [0.5, 0.6) is 0 Å². The number of nitro benzene ring substituents is 1. The van der Waals surface area contributed by atoms with Gasteiger partial charge in [0.2, 0.25) is 5.91 Å². The number of nitrogens with one attached hydrogen (secondary N) is 1. The first-order chi connectivity index (χ1) is 12.4. The lowest BCUT2D eigenvalue weighted by Crippen LogP contribution is -2.44. The number of aromatic nitrogens is 1. The van der Waals surface area contributed by atoms with Crippen molar-refractivity contribution in [2.45, 2.75) is 39.7 Å². The van der Waals surface area contributed by atoms with Crippen LogP contribution in [0.3, 0.4) is 0 Å². The van der Waals surface area contributed by atoms with Crippen LogP contribution < -0.4 is 5.32 Å². The molecule has 0 spiro atoms. The van der Waals surface area contributed by atoms with E-state index in [0.29, 0.717) is 5.52 Å². The van der Waals surface area contributed by atoms with E-state index in [1.807, 2.05) is 37.8 Å². The number of non-ortho nitro benzene ring substituents is 1. The highest BCUT2D eigenvalue weighted by Crippen LogP contribution is 2.31. The summed E-state index contributed by atoms with van der Waals surface area (Å²) in [7, 11) is 0. The monoisotopic (exact) mass is 356 g/mol. The minimum Gasteiger partial charge on any atom is -0.382 e. The highest BCUT2D eigenvalue weighted by molar-refractivity contribution is 5.96. The van der Waals surface area contributed by atoms with Crippen molar-refractivity contribution in [3.63, 3.8) is 0 Å². The number of carbonyl (C=O) groups is 1. The predicted octanol–water partition coefficient (Wildman–Crippen LogP) is 3.51. The van der Waals surface area contributed by atoms with Gasteiger partial charge >= 0.3 is 0 Å². The number of rotatable bonds is 4. The maximum Gasteiger partial charge on any atom is 0.295 e. The summed E-state index contributed by atoms with van der Waals surface area (Å²) < 4.78 is 0. The van der Waals surface area contributed by atoms with Crippen LogP contribution in [-0.4, -0.2) is 39.8 Å². The number of anilines is 1. The van der Waals surface area contributed by atoms with Crippen molar-refractivity contribution in [2.75, 3.05) is 18.4 Å². The predicted molar refractivity (Wildman–Crippen MR) is 101 cm³/mol. The zero-order chi connectivity index (χ0) is 18.8. The van der Waals surface area contributed by atoms with E-state index in [0.717, 1.165) is 42.7 Å². The van der Waals surface area contributed by atoms with Crippen molar-refractivity contribution in [1.29, 1.82) is 0 Å². The van der Waals surface area contributed by atoms with Gasteiger partial charge in [-0.25, -0.2) is 4.98 Å². The first-order valence-corrected chi connectivity index (χ1v) is 8.97. The number of carbonyl (C=O) groups excluding carboxylic acids is 1. The summed E-state index contributed by atoms with van der Waals surface area (Å²) in [6, 6.07) is 7.18. The van der Waals surface area contributed by atoms with Crippen molar-refractivity contribution >= 4 is 28.2 Å². The van der Waals surface area contributed by atoms with Gasteiger partial charge in [0.1, 0.15) is 0 Å². The summed E-state index contributed by atoms with van der Waals surface area (Å²) in [6.07, 6.45) is 1.71. The molecule has 1 fully saturated rings. The Bertz CT molecular complexity index is 842. The Morgan fingerprint density at radius 3 is 2.65 bits per heavy atom. The second-order valence-electron chi connectivity index (χ2n) is 7.14. The van der Waals surface area contributed by atoms with Crippen molar-refractivity contribution in [2.24, 2.45) is 5.92 Å². The largest absolute Gasteiger partial charge is 0.382 e. The zero-order valence-corrected chi connectivity index (χ0v) is 15.4. The van der Waals surface area contributed by atoms with E-state index in [9.17, 15) is 14.9 Å². The molecule has 1 aliphatic rings. The van der Waals surface area contributed by atoms with Gasteiger partial charge in [-0.15, -0.1) is 0 Å². The van der Waals surface area contributed by atoms with Crippen LogP contribution in [0.1, 0.15) is 32.4 Å². The normalized spacial score (nSPS) is 15.5. The van der Waals surface area contributed by atoms with E-state index in [1.54, 1.807) is 6.07 Å². The number of para-hydroxylation sites is 1. The second-order valence-corrected chi connectivity index (χ2v) is 7.14. The molecule has 2 heterocycles. The van der Waals surface area contributed by atoms with E-state index >= 15 is 0 Å². The van der Waals surface area contributed by atoms with Gasteiger partial charge in [0.05, 0.1) is 4.92 Å². The fourth-order valence-electron chi connectivity index (χ4n) is 3.46. The standard InChI is InChI=1S/C19H24N4O3/c1-12(2)19(24)22-9-7-14(8-10-22)21-16-11-13(3)20-18-15(16)5-4-6-17(18)23(25)26/h4-6,11-12,14H,7-10H2,1-3H3,(H,20,21). The molecule has 7 nitrogen and oxygen atoms in total. The summed E-state index contributed by atoms with van der Waals surface area (Å²) in [5.74, 6) is 0.219.